The van der Waals surface area contributed by atoms with Crippen molar-refractivity contribution < 1.29 is 4.79 Å². The average Bonchev–Trinajstić information content (AvgIpc) is 2.37. The second kappa shape index (κ2) is 8.33. The molecule has 0 N–H and O–H groups in total. The Bertz CT molecular complexity index is 528. The van der Waals surface area contributed by atoms with Crippen molar-refractivity contribution in [3.8, 4) is 0 Å². The van der Waals surface area contributed by atoms with E-state index in [1.807, 2.05) is 25.2 Å². The molecule has 0 bridgehead atoms. The Morgan fingerprint density at radius 1 is 1.24 bits per heavy atom. The monoisotopic (exact) mass is 348 g/mol. The Morgan fingerprint density at radius 3 is 2.57 bits per heavy atom. The highest BCUT2D eigenvalue weighted by Crippen LogP contribution is 2.40. The van der Waals surface area contributed by atoms with Crippen LogP contribution in [-0.2, 0) is 4.79 Å². The Balaban J connectivity index is 2.80. The zero-order valence-corrected chi connectivity index (χ0v) is 15.0. The van der Waals surface area contributed by atoms with Gasteiger partial charge in [0.05, 0.1) is 0 Å². The fourth-order valence-corrected chi connectivity index (χ4v) is 2.97. The molecule has 0 aromatic carbocycles. The standard InChI is InChI=1S/C19H25BrO/c1-15(12-14-21)7-5-9-17(20)10-11-18-16(2)8-6-13-19(18,3)4/h5,7,9-12,14H,6,8,13H2,1-4H3/b7-5+,11-10+,15-12+,17-9+. The first-order chi connectivity index (χ1) is 9.86. The lowest BCUT2D eigenvalue weighted by atomic mass is 9.73. The number of carbonyl (C=O) groups excluding carboxylic acids is 1. The number of rotatable bonds is 5. The maximum atomic E-state index is 10.3. The van der Waals surface area contributed by atoms with E-state index >= 15 is 0 Å². The van der Waals surface area contributed by atoms with Crippen molar-refractivity contribution in [1.29, 1.82) is 0 Å². The van der Waals surface area contributed by atoms with E-state index in [0.717, 1.165) is 16.3 Å². The first kappa shape index (κ1) is 17.9. The van der Waals surface area contributed by atoms with Gasteiger partial charge in [-0.15, -0.1) is 0 Å². The number of hydrogen-bond donors (Lipinski definition) is 0. The molecule has 0 amide bonds. The SMILES string of the molecule is CC1=C(/C=C/C(Br)=C\C=C\C(C)=C\C=O)C(C)(C)CCC1. The average molecular weight is 349 g/mol. The molecule has 1 nitrogen and oxygen atoms in total. The fourth-order valence-electron chi connectivity index (χ4n) is 2.68. The molecule has 0 radical (unpaired) electrons. The van der Waals surface area contributed by atoms with Gasteiger partial charge < -0.3 is 0 Å². The lowest BCUT2D eigenvalue weighted by molar-refractivity contribution is -0.104. The molecule has 0 spiro atoms. The van der Waals surface area contributed by atoms with Crippen molar-refractivity contribution in [2.75, 3.05) is 0 Å². The Labute approximate surface area is 137 Å². The molecule has 0 saturated carbocycles. The maximum Gasteiger partial charge on any atom is 0.143 e. The third-order valence-electron chi connectivity index (χ3n) is 3.90. The minimum atomic E-state index is 0.269. The second-order valence-electron chi connectivity index (χ2n) is 6.22. The van der Waals surface area contributed by atoms with Crippen molar-refractivity contribution in [3.63, 3.8) is 0 Å². The lowest BCUT2D eigenvalue weighted by Crippen LogP contribution is -2.18. The van der Waals surface area contributed by atoms with Gasteiger partial charge in [-0.25, -0.2) is 0 Å². The molecular weight excluding hydrogens is 324 g/mol. The molecule has 0 aromatic heterocycles. The molecule has 0 heterocycles. The van der Waals surface area contributed by atoms with E-state index in [4.69, 9.17) is 0 Å². The highest BCUT2D eigenvalue weighted by Gasteiger charge is 2.26. The summed E-state index contributed by atoms with van der Waals surface area (Å²) in [6.45, 7) is 8.79. The lowest BCUT2D eigenvalue weighted by Gasteiger charge is -2.32. The molecule has 1 aliphatic carbocycles. The molecule has 114 valence electrons. The number of allylic oxidation sites excluding steroid dienone is 10. The summed E-state index contributed by atoms with van der Waals surface area (Å²) in [6, 6.07) is 0. The zero-order chi connectivity index (χ0) is 15.9. The van der Waals surface area contributed by atoms with Crippen LogP contribution in [0.1, 0.15) is 47.0 Å². The molecule has 2 heteroatoms. The van der Waals surface area contributed by atoms with Crippen molar-refractivity contribution in [3.05, 3.63) is 57.7 Å². The van der Waals surface area contributed by atoms with Gasteiger partial charge in [0.25, 0.3) is 0 Å². The van der Waals surface area contributed by atoms with E-state index in [0.29, 0.717) is 0 Å². The van der Waals surface area contributed by atoms with Gasteiger partial charge in [0, 0.05) is 4.48 Å². The van der Waals surface area contributed by atoms with Gasteiger partial charge in [-0.3, -0.25) is 4.79 Å². The predicted octanol–water partition coefficient (Wildman–Crippen LogP) is 6.05. The first-order valence-electron chi connectivity index (χ1n) is 7.41. The number of carbonyl (C=O) groups is 1. The van der Waals surface area contributed by atoms with Crippen molar-refractivity contribution in [1.82, 2.24) is 0 Å². The van der Waals surface area contributed by atoms with Crippen LogP contribution in [0.4, 0.5) is 0 Å². The summed E-state index contributed by atoms with van der Waals surface area (Å²) in [6.07, 6.45) is 16.3. The number of halogens is 1. The molecule has 0 aromatic rings. The molecule has 1 rings (SSSR count). The van der Waals surface area contributed by atoms with E-state index in [9.17, 15) is 4.79 Å². The molecule has 0 unspecified atom stereocenters. The van der Waals surface area contributed by atoms with E-state index < -0.39 is 0 Å². The molecule has 0 atom stereocenters. The summed E-state index contributed by atoms with van der Waals surface area (Å²) >= 11 is 3.56. The summed E-state index contributed by atoms with van der Waals surface area (Å²) in [5.74, 6) is 0. The van der Waals surface area contributed by atoms with Crippen LogP contribution in [0, 0.1) is 5.41 Å². The molecule has 0 fully saturated rings. The molecule has 0 saturated heterocycles. The largest absolute Gasteiger partial charge is 0.299 e. The van der Waals surface area contributed by atoms with Crippen LogP contribution in [-0.4, -0.2) is 6.29 Å². The van der Waals surface area contributed by atoms with Crippen LogP contribution >= 0.6 is 15.9 Å². The summed E-state index contributed by atoms with van der Waals surface area (Å²) in [4.78, 5) is 10.3. The minimum Gasteiger partial charge on any atom is -0.299 e. The molecule has 21 heavy (non-hydrogen) atoms. The maximum absolute atomic E-state index is 10.3. The minimum absolute atomic E-state index is 0.269. The summed E-state index contributed by atoms with van der Waals surface area (Å²) < 4.78 is 1.03. The fraction of sp³-hybridized carbons (Fsp3) is 0.421. The van der Waals surface area contributed by atoms with Crippen molar-refractivity contribution >= 4 is 22.2 Å². The number of aldehydes is 1. The highest BCUT2D eigenvalue weighted by molar-refractivity contribution is 9.11. The van der Waals surface area contributed by atoms with Crippen LogP contribution in [0.25, 0.3) is 0 Å². The van der Waals surface area contributed by atoms with Crippen LogP contribution in [0.5, 0.6) is 0 Å². The first-order valence-corrected chi connectivity index (χ1v) is 8.20. The van der Waals surface area contributed by atoms with Gasteiger partial charge in [0.15, 0.2) is 0 Å². The molecular formula is C19H25BrO. The summed E-state index contributed by atoms with van der Waals surface area (Å²) in [5, 5.41) is 0. The summed E-state index contributed by atoms with van der Waals surface area (Å²) in [5.41, 5.74) is 4.17. The van der Waals surface area contributed by atoms with Crippen LogP contribution < -0.4 is 0 Å². The highest BCUT2D eigenvalue weighted by atomic mass is 79.9. The van der Waals surface area contributed by atoms with Gasteiger partial charge in [-0.1, -0.05) is 53.6 Å². The van der Waals surface area contributed by atoms with Crippen LogP contribution in [0.15, 0.2) is 57.7 Å². The Kier molecular flexibility index (Phi) is 7.10. The van der Waals surface area contributed by atoms with E-state index in [1.165, 1.54) is 30.4 Å². The van der Waals surface area contributed by atoms with Gasteiger partial charge in [-0.05, 0) is 67.9 Å². The predicted molar refractivity (Wildman–Crippen MR) is 95.4 cm³/mol. The van der Waals surface area contributed by atoms with E-state index in [-0.39, 0.29) is 5.41 Å². The normalized spacial score (nSPS) is 20.6. The molecule has 0 aliphatic heterocycles. The van der Waals surface area contributed by atoms with Crippen molar-refractivity contribution in [2.45, 2.75) is 47.0 Å². The van der Waals surface area contributed by atoms with Gasteiger partial charge >= 0.3 is 0 Å². The Morgan fingerprint density at radius 2 is 1.95 bits per heavy atom. The van der Waals surface area contributed by atoms with E-state index in [1.54, 1.807) is 6.08 Å². The van der Waals surface area contributed by atoms with E-state index in [2.05, 4.69) is 48.9 Å². The zero-order valence-electron chi connectivity index (χ0n) is 13.4. The third kappa shape index (κ3) is 6.01. The van der Waals surface area contributed by atoms with Gasteiger partial charge in [-0.2, -0.15) is 0 Å². The number of hydrogen-bond acceptors (Lipinski definition) is 1. The van der Waals surface area contributed by atoms with Crippen molar-refractivity contribution in [2.24, 2.45) is 5.41 Å². The van der Waals surface area contributed by atoms with Crippen LogP contribution in [0.2, 0.25) is 0 Å². The third-order valence-corrected chi connectivity index (χ3v) is 4.43. The quantitative estimate of drug-likeness (QED) is 0.335. The summed E-state index contributed by atoms with van der Waals surface area (Å²) in [7, 11) is 0. The van der Waals surface area contributed by atoms with Gasteiger partial charge in [0.1, 0.15) is 6.29 Å². The topological polar surface area (TPSA) is 17.1 Å². The molecule has 1 aliphatic rings. The smallest absolute Gasteiger partial charge is 0.143 e. The van der Waals surface area contributed by atoms with Gasteiger partial charge in [0.2, 0.25) is 0 Å². The van der Waals surface area contributed by atoms with Crippen LogP contribution in [0.3, 0.4) is 0 Å². The second-order valence-corrected chi connectivity index (χ2v) is 7.14. The Hall–Kier alpha value is -1.15.